The molecule has 2 aromatic heterocycles. The predicted molar refractivity (Wildman–Crippen MR) is 65.6 cm³/mol. The summed E-state index contributed by atoms with van der Waals surface area (Å²) >= 11 is 0. The van der Waals surface area contributed by atoms with E-state index in [1.54, 1.807) is 12.3 Å². The number of nitrogens with one attached hydrogen (secondary N) is 1. The number of rotatable bonds is 1. The van der Waals surface area contributed by atoms with Gasteiger partial charge in [-0.05, 0) is 12.1 Å². The average Bonchev–Trinajstić information content (AvgIpc) is 2.39. The molecule has 0 saturated heterocycles. The highest BCUT2D eigenvalue weighted by Gasteiger charge is 2.05. The van der Waals surface area contributed by atoms with E-state index < -0.39 is 0 Å². The van der Waals surface area contributed by atoms with Gasteiger partial charge in [0.1, 0.15) is 0 Å². The second kappa shape index (κ2) is 3.83. The van der Waals surface area contributed by atoms with Crippen LogP contribution in [0.1, 0.15) is 0 Å². The Hall–Kier alpha value is -2.49. The standard InChI is InChI=1S/C13H9N3O/c17-12-7-6-11(15-16-12)10-5-1-3-9-4-2-8-14-13(9)10/h1-8H,(H,16,17). The number of aromatic amines is 1. The van der Waals surface area contributed by atoms with Crippen molar-refractivity contribution >= 4 is 10.9 Å². The van der Waals surface area contributed by atoms with E-state index in [-0.39, 0.29) is 5.56 Å². The number of benzene rings is 1. The normalized spacial score (nSPS) is 10.6. The molecule has 0 radical (unpaired) electrons. The lowest BCUT2D eigenvalue weighted by Crippen LogP contribution is -2.05. The number of hydrogen-bond donors (Lipinski definition) is 1. The highest BCUT2D eigenvalue weighted by Crippen LogP contribution is 2.24. The minimum absolute atomic E-state index is 0.207. The molecular weight excluding hydrogens is 214 g/mol. The maximum atomic E-state index is 11.0. The molecule has 82 valence electrons. The Kier molecular flexibility index (Phi) is 2.19. The third-order valence-electron chi connectivity index (χ3n) is 2.59. The number of hydrogen-bond acceptors (Lipinski definition) is 3. The van der Waals surface area contributed by atoms with E-state index >= 15 is 0 Å². The van der Waals surface area contributed by atoms with Crippen LogP contribution in [0, 0.1) is 0 Å². The fourth-order valence-electron chi connectivity index (χ4n) is 1.81. The van der Waals surface area contributed by atoms with Crippen molar-refractivity contribution in [2.45, 2.75) is 0 Å². The van der Waals surface area contributed by atoms with Crippen molar-refractivity contribution in [3.05, 3.63) is 59.0 Å². The van der Waals surface area contributed by atoms with E-state index in [1.807, 2.05) is 30.3 Å². The molecule has 0 aliphatic rings. The number of para-hydroxylation sites is 1. The van der Waals surface area contributed by atoms with Crippen LogP contribution in [-0.2, 0) is 0 Å². The van der Waals surface area contributed by atoms with Crippen LogP contribution in [0.2, 0.25) is 0 Å². The Morgan fingerprint density at radius 1 is 1.00 bits per heavy atom. The topological polar surface area (TPSA) is 58.6 Å². The smallest absolute Gasteiger partial charge is 0.264 e. The van der Waals surface area contributed by atoms with Gasteiger partial charge in [-0.25, -0.2) is 5.10 Å². The molecule has 0 spiro atoms. The van der Waals surface area contributed by atoms with Crippen molar-refractivity contribution < 1.29 is 0 Å². The van der Waals surface area contributed by atoms with E-state index in [0.717, 1.165) is 16.5 Å². The molecule has 0 fully saturated rings. The van der Waals surface area contributed by atoms with Crippen LogP contribution >= 0.6 is 0 Å². The lowest BCUT2D eigenvalue weighted by molar-refractivity contribution is 0.996. The van der Waals surface area contributed by atoms with Crippen LogP contribution in [0.3, 0.4) is 0 Å². The largest absolute Gasteiger partial charge is 0.268 e. The van der Waals surface area contributed by atoms with Gasteiger partial charge in [0.05, 0.1) is 11.2 Å². The lowest BCUT2D eigenvalue weighted by atomic mass is 10.1. The first-order valence-electron chi connectivity index (χ1n) is 5.24. The Labute approximate surface area is 97.0 Å². The van der Waals surface area contributed by atoms with Crippen molar-refractivity contribution in [1.82, 2.24) is 15.2 Å². The summed E-state index contributed by atoms with van der Waals surface area (Å²) in [6.45, 7) is 0. The summed E-state index contributed by atoms with van der Waals surface area (Å²) in [5.41, 5.74) is 2.31. The first kappa shape index (κ1) is 9.72. The van der Waals surface area contributed by atoms with Crippen LogP contribution in [0.15, 0.2) is 53.5 Å². The molecule has 0 unspecified atom stereocenters. The van der Waals surface area contributed by atoms with E-state index in [4.69, 9.17) is 0 Å². The van der Waals surface area contributed by atoms with E-state index in [2.05, 4.69) is 15.2 Å². The lowest BCUT2D eigenvalue weighted by Gasteiger charge is -2.03. The molecule has 4 nitrogen and oxygen atoms in total. The zero-order valence-electron chi connectivity index (χ0n) is 8.92. The van der Waals surface area contributed by atoms with Crippen LogP contribution < -0.4 is 5.56 Å². The molecule has 2 heterocycles. The number of aromatic nitrogens is 3. The van der Waals surface area contributed by atoms with Crippen LogP contribution in [-0.4, -0.2) is 15.2 Å². The maximum Gasteiger partial charge on any atom is 0.264 e. The summed E-state index contributed by atoms with van der Waals surface area (Å²) in [6, 6.07) is 12.9. The van der Waals surface area contributed by atoms with E-state index in [9.17, 15) is 4.79 Å². The molecule has 0 aliphatic heterocycles. The molecule has 0 atom stereocenters. The zero-order chi connectivity index (χ0) is 11.7. The van der Waals surface area contributed by atoms with Gasteiger partial charge in [0.25, 0.3) is 5.56 Å². The molecule has 1 N–H and O–H groups in total. The van der Waals surface area contributed by atoms with Crippen molar-refractivity contribution in [2.24, 2.45) is 0 Å². The Bertz CT molecular complexity index is 708. The van der Waals surface area contributed by atoms with Gasteiger partial charge in [0, 0.05) is 23.2 Å². The fraction of sp³-hybridized carbons (Fsp3) is 0. The summed E-state index contributed by atoms with van der Waals surface area (Å²) in [7, 11) is 0. The van der Waals surface area contributed by atoms with E-state index in [1.165, 1.54) is 6.07 Å². The zero-order valence-corrected chi connectivity index (χ0v) is 8.92. The molecule has 0 bridgehead atoms. The van der Waals surface area contributed by atoms with Crippen molar-refractivity contribution in [1.29, 1.82) is 0 Å². The maximum absolute atomic E-state index is 11.0. The SMILES string of the molecule is O=c1ccc(-c2cccc3cccnc23)n[nH]1. The van der Waals surface area contributed by atoms with Crippen molar-refractivity contribution in [2.75, 3.05) is 0 Å². The van der Waals surface area contributed by atoms with Gasteiger partial charge in [-0.3, -0.25) is 9.78 Å². The number of nitrogens with zero attached hydrogens (tertiary/aromatic N) is 2. The molecule has 3 rings (SSSR count). The monoisotopic (exact) mass is 223 g/mol. The molecule has 0 saturated carbocycles. The molecule has 1 aromatic carbocycles. The van der Waals surface area contributed by atoms with Gasteiger partial charge in [0.15, 0.2) is 0 Å². The molecule has 4 heteroatoms. The second-order valence-corrected chi connectivity index (χ2v) is 3.69. The third kappa shape index (κ3) is 1.69. The average molecular weight is 223 g/mol. The van der Waals surface area contributed by atoms with E-state index in [0.29, 0.717) is 5.69 Å². The molecular formula is C13H9N3O. The first-order valence-corrected chi connectivity index (χ1v) is 5.24. The molecule has 3 aromatic rings. The van der Waals surface area contributed by atoms with Crippen molar-refractivity contribution in [3.63, 3.8) is 0 Å². The number of fused-ring (bicyclic) bond motifs is 1. The van der Waals surface area contributed by atoms with Crippen LogP contribution in [0.5, 0.6) is 0 Å². The molecule has 0 amide bonds. The van der Waals surface area contributed by atoms with Crippen LogP contribution in [0.25, 0.3) is 22.2 Å². The van der Waals surface area contributed by atoms with Gasteiger partial charge in [-0.15, -0.1) is 0 Å². The number of H-pyrrole nitrogens is 1. The van der Waals surface area contributed by atoms with Gasteiger partial charge >= 0.3 is 0 Å². The Balaban J connectivity index is 2.30. The highest BCUT2D eigenvalue weighted by atomic mass is 16.1. The number of pyridine rings is 1. The van der Waals surface area contributed by atoms with Gasteiger partial charge < -0.3 is 0 Å². The van der Waals surface area contributed by atoms with Gasteiger partial charge in [0.2, 0.25) is 0 Å². The van der Waals surface area contributed by atoms with Gasteiger partial charge in [-0.1, -0.05) is 24.3 Å². The Morgan fingerprint density at radius 3 is 2.71 bits per heavy atom. The second-order valence-electron chi connectivity index (χ2n) is 3.69. The van der Waals surface area contributed by atoms with Crippen molar-refractivity contribution in [3.8, 4) is 11.3 Å². The molecule has 0 aliphatic carbocycles. The third-order valence-corrected chi connectivity index (χ3v) is 2.59. The highest BCUT2D eigenvalue weighted by molar-refractivity contribution is 5.92. The van der Waals surface area contributed by atoms with Gasteiger partial charge in [-0.2, -0.15) is 5.10 Å². The quantitative estimate of drug-likeness (QED) is 0.686. The summed E-state index contributed by atoms with van der Waals surface area (Å²) < 4.78 is 0. The summed E-state index contributed by atoms with van der Waals surface area (Å²) in [4.78, 5) is 15.3. The molecule has 17 heavy (non-hydrogen) atoms. The minimum Gasteiger partial charge on any atom is -0.268 e. The summed E-state index contributed by atoms with van der Waals surface area (Å²) in [6.07, 6.45) is 1.75. The first-order chi connectivity index (χ1) is 8.34. The fourth-order valence-corrected chi connectivity index (χ4v) is 1.81. The Morgan fingerprint density at radius 2 is 1.88 bits per heavy atom. The summed E-state index contributed by atoms with van der Waals surface area (Å²) in [5, 5.41) is 7.50. The predicted octanol–water partition coefficient (Wildman–Crippen LogP) is 1.99. The summed E-state index contributed by atoms with van der Waals surface area (Å²) in [5.74, 6) is 0. The minimum atomic E-state index is -0.207. The van der Waals surface area contributed by atoms with Crippen LogP contribution in [0.4, 0.5) is 0 Å².